The second-order valence-electron chi connectivity index (χ2n) is 6.82. The highest BCUT2D eigenvalue weighted by molar-refractivity contribution is 5.97. The molecular weight excluding hydrogens is 458 g/mol. The van der Waals surface area contributed by atoms with Gasteiger partial charge in [-0.1, -0.05) is 24.3 Å². The molecule has 0 fully saturated rings. The Bertz CT molecular complexity index is 1250. The molecule has 3 aromatic carbocycles. The van der Waals surface area contributed by atoms with E-state index in [-0.39, 0.29) is 34.1 Å². The summed E-state index contributed by atoms with van der Waals surface area (Å²) in [6, 6.07) is 15.1. The van der Waals surface area contributed by atoms with Gasteiger partial charge in [0.15, 0.2) is 11.5 Å². The molecule has 0 aromatic heterocycles. The fourth-order valence-corrected chi connectivity index (χ4v) is 3.06. The monoisotopic (exact) mass is 479 g/mol. The average molecular weight is 479 g/mol. The smallest absolute Gasteiger partial charge is 0.344 e. The van der Waals surface area contributed by atoms with Crippen LogP contribution in [0, 0.1) is 10.1 Å². The third-order valence-electron chi connectivity index (χ3n) is 4.72. The lowest BCUT2D eigenvalue weighted by Gasteiger charge is -2.14. The normalized spacial score (nSPS) is 10.5. The number of carbonyl (C=O) groups excluding carboxylic acids is 2. The molecule has 1 N–H and O–H groups in total. The third kappa shape index (κ3) is 5.71. The molecule has 1 amide bonds. The molecule has 35 heavy (non-hydrogen) atoms. The quantitative estimate of drug-likeness (QED) is 0.161. The number of benzene rings is 3. The van der Waals surface area contributed by atoms with Crippen LogP contribution in [0.4, 0.5) is 5.69 Å². The van der Waals surface area contributed by atoms with Gasteiger partial charge in [0.25, 0.3) is 5.91 Å². The molecule has 3 rings (SSSR count). The lowest BCUT2D eigenvalue weighted by atomic mass is 10.1. The standard InChI is InChI=1S/C24H21N3O8/c1-32-19-12-17(13-20(33-2)22(19)34-3)24(29)35-21-16(10-7-11-18(21)27(30)31)14-25-26-23(28)15-8-5-4-6-9-15/h4-14H,1-3H3,(H,26,28)/b25-14+. The van der Waals surface area contributed by atoms with E-state index in [4.69, 9.17) is 18.9 Å². The van der Waals surface area contributed by atoms with Crippen molar-refractivity contribution >= 4 is 23.8 Å². The topological polar surface area (TPSA) is 139 Å². The zero-order valence-electron chi connectivity index (χ0n) is 19.0. The predicted octanol–water partition coefficient (Wildman–Crippen LogP) is 3.60. The third-order valence-corrected chi connectivity index (χ3v) is 4.72. The minimum atomic E-state index is -0.915. The van der Waals surface area contributed by atoms with Gasteiger partial charge < -0.3 is 18.9 Å². The van der Waals surface area contributed by atoms with Gasteiger partial charge in [0.2, 0.25) is 11.5 Å². The number of hydrazone groups is 1. The maximum Gasteiger partial charge on any atom is 0.344 e. The molecule has 11 nitrogen and oxygen atoms in total. The van der Waals surface area contributed by atoms with Crippen LogP contribution < -0.4 is 24.4 Å². The second-order valence-corrected chi connectivity index (χ2v) is 6.82. The average Bonchev–Trinajstić information content (AvgIpc) is 2.88. The summed E-state index contributed by atoms with van der Waals surface area (Å²) < 4.78 is 21.1. The Hall–Kier alpha value is -4.93. The van der Waals surface area contributed by atoms with E-state index >= 15 is 0 Å². The van der Waals surface area contributed by atoms with Gasteiger partial charge in [-0.2, -0.15) is 5.10 Å². The van der Waals surface area contributed by atoms with Crippen LogP contribution >= 0.6 is 0 Å². The van der Waals surface area contributed by atoms with E-state index in [9.17, 15) is 19.7 Å². The molecule has 0 unspecified atom stereocenters. The number of nitrogens with zero attached hydrogens (tertiary/aromatic N) is 2. The second kappa shape index (κ2) is 11.3. The van der Waals surface area contributed by atoms with E-state index in [1.165, 1.54) is 51.7 Å². The Morgan fingerprint density at radius 2 is 1.54 bits per heavy atom. The minimum absolute atomic E-state index is 0.00193. The van der Waals surface area contributed by atoms with Crippen LogP contribution in [0.3, 0.4) is 0 Å². The van der Waals surface area contributed by atoms with Crippen molar-refractivity contribution in [3.63, 3.8) is 0 Å². The lowest BCUT2D eigenvalue weighted by Crippen LogP contribution is -2.17. The Kier molecular flexibility index (Phi) is 7.96. The number of nitrogens with one attached hydrogen (secondary N) is 1. The number of amides is 1. The van der Waals surface area contributed by atoms with E-state index in [1.54, 1.807) is 30.3 Å². The number of esters is 1. The van der Waals surface area contributed by atoms with Gasteiger partial charge in [-0.15, -0.1) is 0 Å². The number of nitro benzene ring substituents is 1. The Labute approximate surface area is 200 Å². The first kappa shape index (κ1) is 24.7. The molecule has 3 aromatic rings. The van der Waals surface area contributed by atoms with Gasteiger partial charge in [-0.25, -0.2) is 10.2 Å². The fourth-order valence-electron chi connectivity index (χ4n) is 3.06. The molecule has 0 saturated heterocycles. The number of nitro groups is 1. The Morgan fingerprint density at radius 3 is 2.11 bits per heavy atom. The van der Waals surface area contributed by atoms with Crippen LogP contribution in [0.25, 0.3) is 0 Å². The van der Waals surface area contributed by atoms with Crippen molar-refractivity contribution in [3.8, 4) is 23.0 Å². The van der Waals surface area contributed by atoms with Crippen molar-refractivity contribution in [2.24, 2.45) is 5.10 Å². The molecule has 11 heteroatoms. The highest BCUT2D eigenvalue weighted by Crippen LogP contribution is 2.39. The van der Waals surface area contributed by atoms with Gasteiger partial charge in [-0.3, -0.25) is 14.9 Å². The van der Waals surface area contributed by atoms with Crippen molar-refractivity contribution in [1.82, 2.24) is 5.43 Å². The molecular formula is C24H21N3O8. The number of rotatable bonds is 9. The molecule has 0 aliphatic heterocycles. The maximum absolute atomic E-state index is 12.9. The SMILES string of the molecule is COc1cc(C(=O)Oc2c(/C=N/NC(=O)c3ccccc3)cccc2[N+](=O)[O-])cc(OC)c1OC. The van der Waals surface area contributed by atoms with Crippen molar-refractivity contribution in [1.29, 1.82) is 0 Å². The van der Waals surface area contributed by atoms with Gasteiger partial charge in [0.1, 0.15) is 0 Å². The van der Waals surface area contributed by atoms with Crippen LogP contribution in [-0.4, -0.2) is 44.3 Å². The summed E-state index contributed by atoms with van der Waals surface area (Å²) in [6.45, 7) is 0. The number of para-hydroxylation sites is 1. The van der Waals surface area contributed by atoms with Crippen LogP contribution in [0.5, 0.6) is 23.0 Å². The first-order valence-corrected chi connectivity index (χ1v) is 10.1. The maximum atomic E-state index is 12.9. The van der Waals surface area contributed by atoms with Gasteiger partial charge >= 0.3 is 11.7 Å². The van der Waals surface area contributed by atoms with E-state index in [0.717, 1.165) is 6.21 Å². The minimum Gasteiger partial charge on any atom is -0.493 e. The van der Waals surface area contributed by atoms with E-state index < -0.39 is 22.5 Å². The molecule has 0 radical (unpaired) electrons. The molecule has 0 aliphatic carbocycles. The van der Waals surface area contributed by atoms with Gasteiger partial charge in [-0.05, 0) is 30.3 Å². The molecule has 0 spiro atoms. The van der Waals surface area contributed by atoms with E-state index in [1.807, 2.05) is 0 Å². The van der Waals surface area contributed by atoms with Crippen LogP contribution in [0.1, 0.15) is 26.3 Å². The lowest BCUT2D eigenvalue weighted by molar-refractivity contribution is -0.385. The zero-order chi connectivity index (χ0) is 25.4. The summed E-state index contributed by atoms with van der Waals surface area (Å²) in [5.74, 6) is -1.09. The van der Waals surface area contributed by atoms with E-state index in [2.05, 4.69) is 10.5 Å². The summed E-state index contributed by atoms with van der Waals surface area (Å²) in [4.78, 5) is 36.0. The zero-order valence-corrected chi connectivity index (χ0v) is 19.0. The highest BCUT2D eigenvalue weighted by atomic mass is 16.6. The van der Waals surface area contributed by atoms with Crippen molar-refractivity contribution < 1.29 is 33.5 Å². The molecule has 0 heterocycles. The predicted molar refractivity (Wildman–Crippen MR) is 126 cm³/mol. The number of hydrogen-bond donors (Lipinski definition) is 1. The number of ether oxygens (including phenoxy) is 4. The Morgan fingerprint density at radius 1 is 0.886 bits per heavy atom. The molecule has 180 valence electrons. The van der Waals surface area contributed by atoms with Gasteiger partial charge in [0.05, 0.1) is 38.0 Å². The summed E-state index contributed by atoms with van der Waals surface area (Å²) in [7, 11) is 4.17. The van der Waals surface area contributed by atoms with Crippen LogP contribution in [0.2, 0.25) is 0 Å². The van der Waals surface area contributed by atoms with E-state index in [0.29, 0.717) is 5.56 Å². The Balaban J connectivity index is 1.92. The highest BCUT2D eigenvalue weighted by Gasteiger charge is 2.24. The molecule has 0 saturated carbocycles. The van der Waals surface area contributed by atoms with Crippen LogP contribution in [0.15, 0.2) is 65.8 Å². The van der Waals surface area contributed by atoms with Crippen molar-refractivity contribution in [2.45, 2.75) is 0 Å². The van der Waals surface area contributed by atoms with Crippen LogP contribution in [-0.2, 0) is 0 Å². The first-order chi connectivity index (χ1) is 16.9. The summed E-state index contributed by atoms with van der Waals surface area (Å²) in [5.41, 5.74) is 2.32. The summed E-state index contributed by atoms with van der Waals surface area (Å²) in [6.07, 6.45) is 1.14. The molecule has 0 atom stereocenters. The van der Waals surface area contributed by atoms with Crippen molar-refractivity contribution in [2.75, 3.05) is 21.3 Å². The number of carbonyl (C=O) groups is 2. The summed E-state index contributed by atoms with van der Waals surface area (Å²) >= 11 is 0. The fraction of sp³-hybridized carbons (Fsp3) is 0.125. The van der Waals surface area contributed by atoms with Gasteiger partial charge in [0, 0.05) is 17.2 Å². The number of methoxy groups -OCH3 is 3. The number of hydrogen-bond acceptors (Lipinski definition) is 9. The van der Waals surface area contributed by atoms with Crippen molar-refractivity contribution in [3.05, 3.63) is 87.5 Å². The first-order valence-electron chi connectivity index (χ1n) is 10.1. The largest absolute Gasteiger partial charge is 0.493 e. The summed E-state index contributed by atoms with van der Waals surface area (Å²) in [5, 5.41) is 15.4. The molecule has 0 bridgehead atoms. The molecule has 0 aliphatic rings.